The molecular weight excluding hydrogens is 267 g/mol. The summed E-state index contributed by atoms with van der Waals surface area (Å²) in [6, 6.07) is 6.89. The first-order valence-electron chi connectivity index (χ1n) is 6.03. The lowest BCUT2D eigenvalue weighted by atomic mass is 10.1. The molecule has 0 aromatic heterocycles. The lowest BCUT2D eigenvalue weighted by Crippen LogP contribution is -2.05. The fourth-order valence-corrected chi connectivity index (χ4v) is 1.89. The second-order valence-corrected chi connectivity index (χ2v) is 4.42. The number of nitrogens with one attached hydrogen (secondary N) is 1. The van der Waals surface area contributed by atoms with Crippen molar-refractivity contribution in [2.45, 2.75) is 13.5 Å². The monoisotopic (exact) mass is 281 g/mol. The van der Waals surface area contributed by atoms with Crippen molar-refractivity contribution < 1.29 is 17.9 Å². The van der Waals surface area contributed by atoms with Crippen LogP contribution in [-0.2, 0) is 6.54 Å². The van der Waals surface area contributed by atoms with E-state index in [0.717, 1.165) is 17.2 Å². The van der Waals surface area contributed by atoms with Gasteiger partial charge in [0.15, 0.2) is 11.6 Å². The summed E-state index contributed by atoms with van der Waals surface area (Å²) in [7, 11) is 1.53. The van der Waals surface area contributed by atoms with E-state index in [4.69, 9.17) is 4.74 Å². The van der Waals surface area contributed by atoms with Crippen LogP contribution >= 0.6 is 0 Å². The number of methoxy groups -OCH3 is 1. The van der Waals surface area contributed by atoms with E-state index < -0.39 is 17.5 Å². The van der Waals surface area contributed by atoms with Crippen LogP contribution in [0.15, 0.2) is 30.3 Å². The molecule has 0 amide bonds. The Morgan fingerprint density at radius 3 is 2.40 bits per heavy atom. The molecule has 0 saturated heterocycles. The molecule has 0 atom stereocenters. The van der Waals surface area contributed by atoms with E-state index in [0.29, 0.717) is 11.8 Å². The van der Waals surface area contributed by atoms with Gasteiger partial charge >= 0.3 is 0 Å². The Morgan fingerprint density at radius 1 is 1.00 bits per heavy atom. The van der Waals surface area contributed by atoms with Gasteiger partial charge in [0.05, 0.1) is 12.8 Å². The van der Waals surface area contributed by atoms with Gasteiger partial charge < -0.3 is 10.1 Å². The van der Waals surface area contributed by atoms with E-state index in [1.54, 1.807) is 6.07 Å². The van der Waals surface area contributed by atoms with Gasteiger partial charge in [-0.2, -0.15) is 0 Å². The van der Waals surface area contributed by atoms with Crippen molar-refractivity contribution in [1.82, 2.24) is 0 Å². The first kappa shape index (κ1) is 14.2. The number of hydrogen-bond acceptors (Lipinski definition) is 2. The van der Waals surface area contributed by atoms with Gasteiger partial charge in [0.2, 0.25) is 0 Å². The van der Waals surface area contributed by atoms with Crippen LogP contribution < -0.4 is 10.1 Å². The summed E-state index contributed by atoms with van der Waals surface area (Å²) in [4.78, 5) is 0. The summed E-state index contributed by atoms with van der Waals surface area (Å²) in [6.07, 6.45) is 0. The Hall–Kier alpha value is -2.17. The van der Waals surface area contributed by atoms with Gasteiger partial charge in [-0.15, -0.1) is 0 Å². The summed E-state index contributed by atoms with van der Waals surface area (Å²) in [5.74, 6) is -2.49. The zero-order valence-corrected chi connectivity index (χ0v) is 11.1. The number of halogens is 3. The standard InChI is InChI=1S/C15H14F3NO/c1-9-3-4-15(20-2)10(5-9)8-19-14-7-12(17)11(16)6-13(14)18/h3-7,19H,8H2,1-2H3. The highest BCUT2D eigenvalue weighted by molar-refractivity contribution is 5.47. The molecule has 2 rings (SSSR count). The van der Waals surface area contributed by atoms with E-state index in [2.05, 4.69) is 5.32 Å². The fraction of sp³-hybridized carbons (Fsp3) is 0.200. The van der Waals surface area contributed by atoms with E-state index >= 15 is 0 Å². The Bertz CT molecular complexity index is 629. The van der Waals surface area contributed by atoms with E-state index in [9.17, 15) is 13.2 Å². The van der Waals surface area contributed by atoms with Crippen LogP contribution in [0.5, 0.6) is 5.75 Å². The first-order valence-corrected chi connectivity index (χ1v) is 6.03. The molecule has 5 heteroatoms. The third-order valence-electron chi connectivity index (χ3n) is 2.92. The molecule has 0 unspecified atom stereocenters. The summed E-state index contributed by atoms with van der Waals surface area (Å²) in [6.45, 7) is 2.16. The van der Waals surface area contributed by atoms with Crippen molar-refractivity contribution in [3.63, 3.8) is 0 Å². The van der Waals surface area contributed by atoms with Gasteiger partial charge in [0, 0.05) is 24.2 Å². The van der Waals surface area contributed by atoms with Gasteiger partial charge in [-0.1, -0.05) is 17.7 Å². The van der Waals surface area contributed by atoms with Crippen LogP contribution in [-0.4, -0.2) is 7.11 Å². The fourth-order valence-electron chi connectivity index (χ4n) is 1.89. The van der Waals surface area contributed by atoms with Crippen molar-refractivity contribution >= 4 is 5.69 Å². The van der Waals surface area contributed by atoms with Gasteiger partial charge in [-0.25, -0.2) is 13.2 Å². The second-order valence-electron chi connectivity index (χ2n) is 4.42. The molecule has 106 valence electrons. The maximum absolute atomic E-state index is 13.5. The molecule has 0 fully saturated rings. The van der Waals surface area contributed by atoms with Crippen LogP contribution in [0.1, 0.15) is 11.1 Å². The maximum atomic E-state index is 13.5. The molecule has 0 aliphatic carbocycles. The van der Waals surface area contributed by atoms with Gasteiger partial charge in [0.1, 0.15) is 11.6 Å². The van der Waals surface area contributed by atoms with Crippen molar-refractivity contribution in [3.8, 4) is 5.75 Å². The quantitative estimate of drug-likeness (QED) is 0.854. The van der Waals surface area contributed by atoms with E-state index in [1.165, 1.54) is 7.11 Å². The minimum Gasteiger partial charge on any atom is -0.496 e. The molecule has 1 N–H and O–H groups in total. The Labute approximate surface area is 115 Å². The molecule has 0 heterocycles. The van der Waals surface area contributed by atoms with Gasteiger partial charge in [-0.3, -0.25) is 0 Å². The molecule has 0 radical (unpaired) electrons. The second kappa shape index (κ2) is 5.86. The van der Waals surface area contributed by atoms with Gasteiger partial charge in [-0.05, 0) is 13.0 Å². The molecule has 0 aliphatic rings. The highest BCUT2D eigenvalue weighted by Crippen LogP contribution is 2.23. The highest BCUT2D eigenvalue weighted by Gasteiger charge is 2.10. The van der Waals surface area contributed by atoms with Crippen LogP contribution in [0.25, 0.3) is 0 Å². The molecule has 2 nitrogen and oxygen atoms in total. The molecule has 0 spiro atoms. The highest BCUT2D eigenvalue weighted by atomic mass is 19.2. The molecule has 2 aromatic carbocycles. The van der Waals surface area contributed by atoms with Crippen LogP contribution in [0.4, 0.5) is 18.9 Å². The van der Waals surface area contributed by atoms with Crippen molar-refractivity contribution in [2.24, 2.45) is 0 Å². The first-order chi connectivity index (χ1) is 9.51. The Morgan fingerprint density at radius 2 is 1.70 bits per heavy atom. The van der Waals surface area contributed by atoms with Crippen molar-refractivity contribution in [3.05, 3.63) is 58.9 Å². The molecule has 0 aliphatic heterocycles. The zero-order chi connectivity index (χ0) is 14.7. The average molecular weight is 281 g/mol. The molecular formula is C15H14F3NO. The molecule has 2 aromatic rings. The summed E-state index contributed by atoms with van der Waals surface area (Å²) in [5.41, 5.74) is 1.73. The molecule has 0 saturated carbocycles. The maximum Gasteiger partial charge on any atom is 0.161 e. The summed E-state index contributed by atoms with van der Waals surface area (Å²) >= 11 is 0. The third kappa shape index (κ3) is 3.04. The minimum atomic E-state index is -1.21. The smallest absolute Gasteiger partial charge is 0.161 e. The topological polar surface area (TPSA) is 21.3 Å². The number of anilines is 1. The van der Waals surface area contributed by atoms with E-state index in [-0.39, 0.29) is 12.2 Å². The normalized spacial score (nSPS) is 10.4. The van der Waals surface area contributed by atoms with E-state index in [1.807, 2.05) is 19.1 Å². The largest absolute Gasteiger partial charge is 0.496 e. The minimum absolute atomic E-state index is 0.0903. The number of rotatable bonds is 4. The van der Waals surface area contributed by atoms with Gasteiger partial charge in [0.25, 0.3) is 0 Å². The van der Waals surface area contributed by atoms with Crippen molar-refractivity contribution in [2.75, 3.05) is 12.4 Å². The molecule has 0 bridgehead atoms. The lowest BCUT2D eigenvalue weighted by Gasteiger charge is -2.12. The SMILES string of the molecule is COc1ccc(C)cc1CNc1cc(F)c(F)cc1F. The van der Waals surface area contributed by atoms with Crippen molar-refractivity contribution in [1.29, 1.82) is 0 Å². The summed E-state index contributed by atoms with van der Waals surface area (Å²) < 4.78 is 44.6. The number of benzene rings is 2. The van der Waals surface area contributed by atoms with Crippen LogP contribution in [0, 0.1) is 24.4 Å². The lowest BCUT2D eigenvalue weighted by molar-refractivity contribution is 0.410. The molecule has 20 heavy (non-hydrogen) atoms. The Balaban J connectivity index is 2.21. The number of ether oxygens (including phenoxy) is 1. The Kier molecular flexibility index (Phi) is 4.17. The zero-order valence-electron chi connectivity index (χ0n) is 11.1. The number of aryl methyl sites for hydroxylation is 1. The number of hydrogen-bond donors (Lipinski definition) is 1. The predicted octanol–water partition coefficient (Wildman–Crippen LogP) is 4.03. The average Bonchev–Trinajstić information content (AvgIpc) is 2.41. The van der Waals surface area contributed by atoms with Crippen LogP contribution in [0.2, 0.25) is 0 Å². The predicted molar refractivity (Wildman–Crippen MR) is 71.4 cm³/mol. The third-order valence-corrected chi connectivity index (χ3v) is 2.92. The van der Waals surface area contributed by atoms with Crippen LogP contribution in [0.3, 0.4) is 0 Å². The summed E-state index contributed by atoms with van der Waals surface area (Å²) in [5, 5.41) is 2.74.